The average molecular weight is 514 g/mol. The Kier molecular flexibility index (Phi) is 8.91. The molecule has 2 aromatic rings. The Morgan fingerprint density at radius 3 is 2.19 bits per heavy atom. The fraction of sp³-hybridized carbons (Fsp3) is 0.500. The molecule has 9 nitrogen and oxygen atoms in total. The van der Waals surface area contributed by atoms with E-state index in [4.69, 9.17) is 24.7 Å². The van der Waals surface area contributed by atoms with Gasteiger partial charge in [0.15, 0.2) is 0 Å². The summed E-state index contributed by atoms with van der Waals surface area (Å²) in [5.74, 6) is 1.66. The highest BCUT2D eigenvalue weighted by Gasteiger charge is 2.41. The van der Waals surface area contributed by atoms with Crippen molar-refractivity contribution in [2.45, 2.75) is 57.7 Å². The van der Waals surface area contributed by atoms with Gasteiger partial charge in [-0.2, -0.15) is 0 Å². The van der Waals surface area contributed by atoms with Crippen molar-refractivity contribution in [1.29, 1.82) is 0 Å². The highest BCUT2D eigenvalue weighted by molar-refractivity contribution is 5.87. The first kappa shape index (κ1) is 28.1. The quantitative estimate of drug-likeness (QED) is 0.548. The molecular weight excluding hydrogens is 474 g/mol. The maximum absolute atomic E-state index is 13.6. The highest BCUT2D eigenvalue weighted by Crippen LogP contribution is 2.35. The van der Waals surface area contributed by atoms with Crippen molar-refractivity contribution < 1.29 is 28.5 Å². The predicted molar refractivity (Wildman–Crippen MR) is 141 cm³/mol. The molecule has 0 aliphatic carbocycles. The van der Waals surface area contributed by atoms with E-state index in [9.17, 15) is 9.59 Å². The summed E-state index contributed by atoms with van der Waals surface area (Å²) >= 11 is 0. The van der Waals surface area contributed by atoms with Crippen LogP contribution in [0.3, 0.4) is 0 Å². The molecule has 9 heteroatoms. The molecule has 0 saturated carbocycles. The number of carbonyl (C=O) groups is 2. The molecule has 0 bridgehead atoms. The van der Waals surface area contributed by atoms with Gasteiger partial charge in [-0.25, -0.2) is 4.79 Å². The van der Waals surface area contributed by atoms with Crippen LogP contribution in [0.5, 0.6) is 17.2 Å². The van der Waals surface area contributed by atoms with Crippen molar-refractivity contribution >= 4 is 12.0 Å². The summed E-state index contributed by atoms with van der Waals surface area (Å²) in [7, 11) is 3.16. The van der Waals surface area contributed by atoms with E-state index < -0.39 is 23.3 Å². The summed E-state index contributed by atoms with van der Waals surface area (Å²) in [5, 5.41) is 3.15. The molecule has 1 fully saturated rings. The second-order valence-electron chi connectivity index (χ2n) is 10.1. The number of likely N-dealkylation sites (tertiary alicyclic amines) is 1. The van der Waals surface area contributed by atoms with Gasteiger partial charge in [0.25, 0.3) is 0 Å². The lowest BCUT2D eigenvalue weighted by Gasteiger charge is -2.39. The number of benzene rings is 2. The van der Waals surface area contributed by atoms with Crippen molar-refractivity contribution in [2.24, 2.45) is 5.73 Å². The van der Waals surface area contributed by atoms with Crippen LogP contribution in [0.4, 0.5) is 4.79 Å². The molecule has 2 amide bonds. The molecule has 2 aromatic carbocycles. The lowest BCUT2D eigenvalue weighted by atomic mass is 9.86. The lowest BCUT2D eigenvalue weighted by molar-refractivity contribution is -0.128. The van der Waals surface area contributed by atoms with Crippen LogP contribution in [-0.2, 0) is 9.53 Å². The van der Waals surface area contributed by atoms with E-state index in [1.807, 2.05) is 64.1 Å². The normalized spacial score (nSPS) is 15.9. The molecule has 1 atom stereocenters. The molecule has 3 rings (SSSR count). The minimum absolute atomic E-state index is 0.298. The van der Waals surface area contributed by atoms with Crippen molar-refractivity contribution in [3.8, 4) is 17.2 Å². The van der Waals surface area contributed by atoms with Gasteiger partial charge >= 0.3 is 6.09 Å². The van der Waals surface area contributed by atoms with Crippen LogP contribution in [0.25, 0.3) is 0 Å². The van der Waals surface area contributed by atoms with E-state index in [0.717, 1.165) is 16.9 Å². The van der Waals surface area contributed by atoms with E-state index in [-0.39, 0.29) is 5.91 Å². The Balaban J connectivity index is 1.84. The first-order chi connectivity index (χ1) is 17.5. The summed E-state index contributed by atoms with van der Waals surface area (Å²) in [6, 6.07) is 12.5. The van der Waals surface area contributed by atoms with E-state index in [1.54, 1.807) is 25.2 Å². The molecule has 3 N–H and O–H groups in total. The maximum Gasteiger partial charge on any atom is 0.410 e. The molecule has 0 radical (unpaired) electrons. The minimum atomic E-state index is -1.14. The number of methoxy groups -OCH3 is 2. The maximum atomic E-state index is 13.6. The number of nitrogens with zero attached hydrogens (tertiary/aromatic N) is 1. The Bertz CT molecular complexity index is 1070. The summed E-state index contributed by atoms with van der Waals surface area (Å²) in [6.45, 7) is 8.62. The number of nitrogens with two attached hydrogens (primary N) is 1. The standard InChI is InChI=1S/C28H39N3O6/c1-7-36-20-10-8-19(9-11-20)24(22-13-12-21(34-5)18-23(22)35-6)30-25(32)28(29)14-16-31(17-15-28)26(33)37-27(2,3)4/h8-13,18,24H,7,14-17,29H2,1-6H3,(H,30,32). The van der Waals surface area contributed by atoms with Crippen molar-refractivity contribution in [3.05, 3.63) is 53.6 Å². The number of nitrogens with one attached hydrogen (secondary N) is 1. The molecular formula is C28H39N3O6. The number of amides is 2. The third-order valence-electron chi connectivity index (χ3n) is 6.31. The number of rotatable bonds is 8. The molecule has 0 spiro atoms. The Labute approximate surface area is 219 Å². The minimum Gasteiger partial charge on any atom is -0.497 e. The Hall–Kier alpha value is -3.46. The van der Waals surface area contributed by atoms with E-state index in [2.05, 4.69) is 5.32 Å². The van der Waals surface area contributed by atoms with Gasteiger partial charge in [-0.15, -0.1) is 0 Å². The van der Waals surface area contributed by atoms with Gasteiger partial charge < -0.3 is 34.9 Å². The van der Waals surface area contributed by atoms with E-state index >= 15 is 0 Å². The summed E-state index contributed by atoms with van der Waals surface area (Å²) in [5.41, 5.74) is 6.49. The van der Waals surface area contributed by atoms with Crippen molar-refractivity contribution in [3.63, 3.8) is 0 Å². The monoisotopic (exact) mass is 513 g/mol. The van der Waals surface area contributed by atoms with Gasteiger partial charge in [0.05, 0.1) is 32.4 Å². The predicted octanol–water partition coefficient (Wildman–Crippen LogP) is 4.04. The topological polar surface area (TPSA) is 112 Å². The lowest BCUT2D eigenvalue weighted by Crippen LogP contribution is -2.60. The molecule has 1 aliphatic heterocycles. The average Bonchev–Trinajstić information content (AvgIpc) is 2.87. The largest absolute Gasteiger partial charge is 0.497 e. The summed E-state index contributed by atoms with van der Waals surface area (Å²) in [6.07, 6.45) is 0.229. The molecule has 202 valence electrons. The first-order valence-corrected chi connectivity index (χ1v) is 12.5. The van der Waals surface area contributed by atoms with Crippen LogP contribution in [0.2, 0.25) is 0 Å². The Morgan fingerprint density at radius 2 is 1.65 bits per heavy atom. The fourth-order valence-corrected chi connectivity index (χ4v) is 4.24. The zero-order valence-corrected chi connectivity index (χ0v) is 22.6. The molecule has 1 aliphatic rings. The first-order valence-electron chi connectivity index (χ1n) is 12.5. The number of piperidine rings is 1. The smallest absolute Gasteiger partial charge is 0.410 e. The van der Waals surface area contributed by atoms with E-state index in [0.29, 0.717) is 44.0 Å². The van der Waals surface area contributed by atoms with Crippen molar-refractivity contribution in [1.82, 2.24) is 10.2 Å². The third-order valence-corrected chi connectivity index (χ3v) is 6.31. The van der Waals surface area contributed by atoms with Crippen LogP contribution in [0, 0.1) is 0 Å². The van der Waals surface area contributed by atoms with Crippen LogP contribution in [0.1, 0.15) is 57.7 Å². The SMILES string of the molecule is CCOc1ccc(C(NC(=O)C2(N)CCN(C(=O)OC(C)(C)C)CC2)c2ccc(OC)cc2OC)cc1. The third kappa shape index (κ3) is 7.07. The van der Waals surface area contributed by atoms with Gasteiger partial charge in [0, 0.05) is 24.7 Å². The molecule has 1 unspecified atom stereocenters. The molecule has 0 aromatic heterocycles. The summed E-state index contributed by atoms with van der Waals surface area (Å²) in [4.78, 5) is 27.7. The van der Waals surface area contributed by atoms with Crippen LogP contribution >= 0.6 is 0 Å². The van der Waals surface area contributed by atoms with Crippen LogP contribution in [-0.4, -0.2) is 62.0 Å². The van der Waals surface area contributed by atoms with Gasteiger partial charge in [0.2, 0.25) is 5.91 Å². The number of hydrogen-bond donors (Lipinski definition) is 2. The fourth-order valence-electron chi connectivity index (χ4n) is 4.24. The highest BCUT2D eigenvalue weighted by atomic mass is 16.6. The summed E-state index contributed by atoms with van der Waals surface area (Å²) < 4.78 is 22.0. The second kappa shape index (κ2) is 11.7. The van der Waals surface area contributed by atoms with Crippen molar-refractivity contribution in [2.75, 3.05) is 33.9 Å². The van der Waals surface area contributed by atoms with E-state index in [1.165, 1.54) is 0 Å². The number of ether oxygens (including phenoxy) is 4. The zero-order chi connectivity index (χ0) is 27.2. The van der Waals surface area contributed by atoms with Crippen LogP contribution in [0.15, 0.2) is 42.5 Å². The van der Waals surface area contributed by atoms with Gasteiger partial charge in [0.1, 0.15) is 22.8 Å². The molecule has 1 heterocycles. The van der Waals surface area contributed by atoms with Gasteiger partial charge in [-0.05, 0) is 70.4 Å². The number of carbonyl (C=O) groups excluding carboxylic acids is 2. The zero-order valence-electron chi connectivity index (χ0n) is 22.6. The molecule has 1 saturated heterocycles. The van der Waals surface area contributed by atoms with Gasteiger partial charge in [-0.1, -0.05) is 12.1 Å². The van der Waals surface area contributed by atoms with Gasteiger partial charge in [-0.3, -0.25) is 4.79 Å². The van der Waals surface area contributed by atoms with Crippen LogP contribution < -0.4 is 25.3 Å². The number of hydrogen-bond acceptors (Lipinski definition) is 7. The second-order valence-corrected chi connectivity index (χ2v) is 10.1. The Morgan fingerprint density at radius 1 is 1.03 bits per heavy atom. The molecule has 37 heavy (non-hydrogen) atoms.